The van der Waals surface area contributed by atoms with Crippen LogP contribution in [0.1, 0.15) is 33.6 Å². The van der Waals surface area contributed by atoms with Crippen LogP contribution in [0.4, 0.5) is 0 Å². The van der Waals surface area contributed by atoms with E-state index < -0.39 is 22.0 Å². The third-order valence-corrected chi connectivity index (χ3v) is 6.05. The summed E-state index contributed by atoms with van der Waals surface area (Å²) in [5.41, 5.74) is -0.168. The van der Waals surface area contributed by atoms with E-state index in [4.69, 9.17) is 5.11 Å². The van der Waals surface area contributed by atoms with Crippen LogP contribution in [-0.4, -0.2) is 25.5 Å². The summed E-state index contributed by atoms with van der Waals surface area (Å²) < 4.78 is 27.8. The summed E-state index contributed by atoms with van der Waals surface area (Å²) in [6.45, 7) is 5.83. The van der Waals surface area contributed by atoms with E-state index in [0.29, 0.717) is 10.2 Å². The molecule has 5 nitrogen and oxygen atoms in total. The zero-order valence-electron chi connectivity index (χ0n) is 11.5. The Morgan fingerprint density at radius 3 is 2.45 bits per heavy atom. The lowest BCUT2D eigenvalue weighted by Gasteiger charge is -2.25. The Hall–Kier alpha value is -0.440. The summed E-state index contributed by atoms with van der Waals surface area (Å²) in [5, 5.41) is 8.91. The maximum Gasteiger partial charge on any atom is 0.304 e. The average molecular weight is 384 g/mol. The maximum absolute atomic E-state index is 12.2. The van der Waals surface area contributed by atoms with Crippen LogP contribution in [0.2, 0.25) is 0 Å². The molecule has 0 spiro atoms. The number of nitrogens with one attached hydrogen (secondary N) is 1. The highest BCUT2D eigenvalue weighted by Crippen LogP contribution is 2.28. The van der Waals surface area contributed by atoms with Crippen molar-refractivity contribution >= 4 is 43.3 Å². The Morgan fingerprint density at radius 1 is 1.45 bits per heavy atom. The molecule has 0 saturated heterocycles. The van der Waals surface area contributed by atoms with Crippen LogP contribution in [0.25, 0.3) is 0 Å². The van der Waals surface area contributed by atoms with E-state index >= 15 is 0 Å². The molecular weight excluding hydrogens is 366 g/mol. The van der Waals surface area contributed by atoms with Crippen LogP contribution < -0.4 is 4.72 Å². The first-order chi connectivity index (χ1) is 8.99. The van der Waals surface area contributed by atoms with Crippen LogP contribution in [-0.2, 0) is 14.8 Å². The molecule has 0 aliphatic rings. The molecule has 0 amide bonds. The SMILES string of the molecule is CC(C)(C)CC(CC(=O)O)NS(=O)(=O)c1ccc(Br)s1. The van der Waals surface area contributed by atoms with Gasteiger partial charge in [-0.15, -0.1) is 11.3 Å². The van der Waals surface area contributed by atoms with Gasteiger partial charge in [0.1, 0.15) is 4.21 Å². The second kappa shape index (κ2) is 6.55. The molecule has 0 radical (unpaired) electrons. The summed E-state index contributed by atoms with van der Waals surface area (Å²) in [5.74, 6) is -1.02. The Morgan fingerprint density at radius 2 is 2.05 bits per heavy atom. The van der Waals surface area contributed by atoms with E-state index in [-0.39, 0.29) is 16.0 Å². The van der Waals surface area contributed by atoms with Crippen LogP contribution in [0.3, 0.4) is 0 Å². The monoisotopic (exact) mass is 383 g/mol. The van der Waals surface area contributed by atoms with Gasteiger partial charge in [0.25, 0.3) is 0 Å². The Bertz CT molecular complexity index is 575. The van der Waals surface area contributed by atoms with E-state index in [0.717, 1.165) is 11.3 Å². The molecule has 0 bridgehead atoms. The molecule has 1 aromatic heterocycles. The molecule has 0 aliphatic carbocycles. The van der Waals surface area contributed by atoms with Gasteiger partial charge in [0.05, 0.1) is 10.2 Å². The zero-order chi connectivity index (χ0) is 15.6. The van der Waals surface area contributed by atoms with Crippen molar-refractivity contribution in [1.29, 1.82) is 0 Å². The third kappa shape index (κ3) is 5.90. The number of sulfonamides is 1. The molecule has 0 aromatic carbocycles. The number of carboxylic acids is 1. The van der Waals surface area contributed by atoms with E-state index in [2.05, 4.69) is 20.7 Å². The molecule has 1 aromatic rings. The molecule has 0 saturated carbocycles. The highest BCUT2D eigenvalue weighted by atomic mass is 79.9. The average Bonchev–Trinajstić information content (AvgIpc) is 2.60. The number of hydrogen-bond acceptors (Lipinski definition) is 4. The molecule has 0 fully saturated rings. The fourth-order valence-corrected chi connectivity index (χ4v) is 5.09. The predicted octanol–water partition coefficient (Wildman–Crippen LogP) is 3.07. The van der Waals surface area contributed by atoms with E-state index in [9.17, 15) is 13.2 Å². The first-order valence-corrected chi connectivity index (χ1v) is 9.08. The minimum Gasteiger partial charge on any atom is -0.481 e. The van der Waals surface area contributed by atoms with Crippen LogP contribution in [0.15, 0.2) is 20.1 Å². The quantitative estimate of drug-likeness (QED) is 0.790. The lowest BCUT2D eigenvalue weighted by atomic mass is 9.87. The number of aliphatic carboxylic acids is 1. The van der Waals surface area contributed by atoms with Gasteiger partial charge in [-0.05, 0) is 39.9 Å². The van der Waals surface area contributed by atoms with Gasteiger partial charge in [-0.1, -0.05) is 20.8 Å². The van der Waals surface area contributed by atoms with E-state index in [1.54, 1.807) is 6.07 Å². The molecule has 1 rings (SSSR count). The first-order valence-electron chi connectivity index (χ1n) is 5.99. The lowest BCUT2D eigenvalue weighted by Crippen LogP contribution is -2.38. The summed E-state index contributed by atoms with van der Waals surface area (Å²) in [6, 6.07) is 2.51. The summed E-state index contributed by atoms with van der Waals surface area (Å²) in [7, 11) is -3.68. The van der Waals surface area contributed by atoms with Gasteiger partial charge in [0.15, 0.2) is 0 Å². The van der Waals surface area contributed by atoms with Gasteiger partial charge < -0.3 is 5.11 Å². The minimum absolute atomic E-state index is 0.168. The van der Waals surface area contributed by atoms with Crippen molar-refractivity contribution < 1.29 is 18.3 Å². The van der Waals surface area contributed by atoms with Crippen LogP contribution in [0, 0.1) is 5.41 Å². The van der Waals surface area contributed by atoms with Gasteiger partial charge in [-0.2, -0.15) is 0 Å². The zero-order valence-corrected chi connectivity index (χ0v) is 14.7. The number of thiophene rings is 1. The van der Waals surface area contributed by atoms with Crippen molar-refractivity contribution in [3.05, 3.63) is 15.9 Å². The number of carboxylic acid groups (broad SMARTS) is 1. The highest BCUT2D eigenvalue weighted by Gasteiger charge is 2.27. The van der Waals surface area contributed by atoms with Gasteiger partial charge in [-0.25, -0.2) is 13.1 Å². The second-order valence-electron chi connectivity index (χ2n) is 5.74. The van der Waals surface area contributed by atoms with Gasteiger partial charge in [0.2, 0.25) is 10.0 Å². The summed E-state index contributed by atoms with van der Waals surface area (Å²) in [6.07, 6.45) is 0.216. The first kappa shape index (κ1) is 17.6. The number of rotatable bonds is 6. The van der Waals surface area contributed by atoms with Crippen molar-refractivity contribution in [1.82, 2.24) is 4.72 Å². The third-order valence-electron chi connectivity index (χ3n) is 2.42. The number of hydrogen-bond donors (Lipinski definition) is 2. The van der Waals surface area contributed by atoms with Crippen molar-refractivity contribution in [3.63, 3.8) is 0 Å². The van der Waals surface area contributed by atoms with E-state index in [1.807, 2.05) is 20.8 Å². The van der Waals surface area contributed by atoms with Crippen LogP contribution in [0.5, 0.6) is 0 Å². The van der Waals surface area contributed by atoms with Crippen molar-refractivity contribution in [2.45, 2.75) is 43.9 Å². The summed E-state index contributed by atoms with van der Waals surface area (Å²) >= 11 is 4.30. The molecule has 0 aliphatic heterocycles. The molecule has 2 N–H and O–H groups in total. The van der Waals surface area contributed by atoms with Crippen molar-refractivity contribution in [2.75, 3.05) is 0 Å². The largest absolute Gasteiger partial charge is 0.481 e. The molecular formula is C12H18BrNO4S2. The fraction of sp³-hybridized carbons (Fsp3) is 0.583. The van der Waals surface area contributed by atoms with Crippen LogP contribution >= 0.6 is 27.3 Å². The van der Waals surface area contributed by atoms with Gasteiger partial charge in [-0.3, -0.25) is 4.79 Å². The number of halogens is 1. The molecule has 8 heteroatoms. The molecule has 1 unspecified atom stereocenters. The molecule has 1 heterocycles. The smallest absolute Gasteiger partial charge is 0.304 e. The van der Waals surface area contributed by atoms with Gasteiger partial charge >= 0.3 is 5.97 Å². The highest BCUT2D eigenvalue weighted by molar-refractivity contribution is 9.11. The van der Waals surface area contributed by atoms with Gasteiger partial charge in [0, 0.05) is 6.04 Å². The minimum atomic E-state index is -3.68. The normalized spacial score (nSPS) is 14.2. The number of carbonyl (C=O) groups is 1. The fourth-order valence-electron chi connectivity index (χ4n) is 1.83. The Balaban J connectivity index is 2.91. The van der Waals surface area contributed by atoms with Crippen molar-refractivity contribution in [3.8, 4) is 0 Å². The lowest BCUT2D eigenvalue weighted by molar-refractivity contribution is -0.137. The van der Waals surface area contributed by atoms with E-state index in [1.165, 1.54) is 6.07 Å². The second-order valence-corrected chi connectivity index (χ2v) is 10.1. The Kier molecular flexibility index (Phi) is 5.77. The molecule has 1 atom stereocenters. The predicted molar refractivity (Wildman–Crippen MR) is 82.5 cm³/mol. The maximum atomic E-state index is 12.2. The standard InChI is InChI=1S/C12H18BrNO4S2/c1-12(2,3)7-8(6-10(15)16)14-20(17,18)11-5-4-9(13)19-11/h4-5,8,14H,6-7H2,1-3H3,(H,15,16). The molecule has 20 heavy (non-hydrogen) atoms. The topological polar surface area (TPSA) is 83.5 Å². The summed E-state index contributed by atoms with van der Waals surface area (Å²) in [4.78, 5) is 10.9. The Labute approximate surface area is 131 Å². The molecule has 114 valence electrons. The van der Waals surface area contributed by atoms with Crippen molar-refractivity contribution in [2.24, 2.45) is 5.41 Å².